The molecule has 0 aliphatic carbocycles. The summed E-state index contributed by atoms with van der Waals surface area (Å²) in [5.41, 5.74) is 5.90. The molecule has 18 heavy (non-hydrogen) atoms. The van der Waals surface area contributed by atoms with E-state index in [2.05, 4.69) is 0 Å². The summed E-state index contributed by atoms with van der Waals surface area (Å²) in [5.74, 6) is -2.03. The molecule has 1 rings (SSSR count). The lowest BCUT2D eigenvalue weighted by molar-refractivity contribution is -0.138. The summed E-state index contributed by atoms with van der Waals surface area (Å²) in [6, 6.07) is 3.39. The summed E-state index contributed by atoms with van der Waals surface area (Å²) in [7, 11) is 1.37. The Morgan fingerprint density at radius 3 is 2.44 bits per heavy atom. The Morgan fingerprint density at radius 2 is 2.00 bits per heavy atom. The van der Waals surface area contributed by atoms with Gasteiger partial charge in [-0.15, -0.1) is 12.4 Å². The molecule has 1 aromatic rings. The van der Waals surface area contributed by atoms with Crippen LogP contribution in [0.1, 0.15) is 15.9 Å². The normalized spacial score (nSPS) is 11.2. The first kappa shape index (κ1) is 16.2. The van der Waals surface area contributed by atoms with Gasteiger partial charge in [-0.2, -0.15) is 0 Å². The number of methoxy groups -OCH3 is 1. The van der Waals surface area contributed by atoms with E-state index in [4.69, 9.17) is 20.7 Å². The van der Waals surface area contributed by atoms with Gasteiger partial charge in [-0.3, -0.25) is 4.79 Å². The molecule has 1 aromatic carbocycles. The number of aromatic carboxylic acids is 1. The van der Waals surface area contributed by atoms with Gasteiger partial charge >= 0.3 is 11.9 Å². The van der Waals surface area contributed by atoms with E-state index in [1.807, 2.05) is 0 Å². The second-order valence-corrected chi connectivity index (χ2v) is 3.49. The number of carboxylic acids is 2. The van der Waals surface area contributed by atoms with Crippen LogP contribution in [0.3, 0.4) is 0 Å². The molecule has 0 aliphatic heterocycles. The van der Waals surface area contributed by atoms with E-state index in [1.165, 1.54) is 19.2 Å². The van der Waals surface area contributed by atoms with Crippen LogP contribution in [0.5, 0.6) is 5.75 Å². The Morgan fingerprint density at radius 1 is 1.39 bits per heavy atom. The van der Waals surface area contributed by atoms with E-state index in [0.717, 1.165) is 0 Å². The maximum Gasteiger partial charge on any atom is 0.339 e. The Bertz CT molecular complexity index is 449. The number of nitrogens with two attached hydrogens (primary N) is 1. The molecule has 6 nitrogen and oxygen atoms in total. The molecular formula is C11H14ClNO5. The standard InChI is InChI=1S/C11H13NO5.ClH/c1-17-9-3-2-6(4-7(9)10(13)14)5-8(12)11(15)16;/h2-4,8H,5,12H2,1H3,(H,13,14)(H,15,16);1H/t8-;/m0./s1. The highest BCUT2D eigenvalue weighted by Gasteiger charge is 2.16. The summed E-state index contributed by atoms with van der Waals surface area (Å²) in [6.45, 7) is 0. The zero-order chi connectivity index (χ0) is 13.0. The van der Waals surface area contributed by atoms with Crippen LogP contribution in [-0.4, -0.2) is 35.3 Å². The van der Waals surface area contributed by atoms with Crippen LogP contribution in [-0.2, 0) is 11.2 Å². The fourth-order valence-electron chi connectivity index (χ4n) is 1.39. The first-order chi connectivity index (χ1) is 7.95. The smallest absolute Gasteiger partial charge is 0.339 e. The third kappa shape index (κ3) is 3.90. The lowest BCUT2D eigenvalue weighted by Crippen LogP contribution is -2.32. The lowest BCUT2D eigenvalue weighted by atomic mass is 10.0. The molecular weight excluding hydrogens is 262 g/mol. The number of aliphatic carboxylic acids is 1. The minimum Gasteiger partial charge on any atom is -0.496 e. The van der Waals surface area contributed by atoms with Gasteiger partial charge in [0.05, 0.1) is 7.11 Å². The van der Waals surface area contributed by atoms with Gasteiger partial charge in [0.1, 0.15) is 17.4 Å². The van der Waals surface area contributed by atoms with Gasteiger partial charge in [0.25, 0.3) is 0 Å². The van der Waals surface area contributed by atoms with Crippen molar-refractivity contribution in [2.75, 3.05) is 7.11 Å². The molecule has 0 amide bonds. The van der Waals surface area contributed by atoms with Crippen LogP contribution >= 0.6 is 12.4 Å². The average molecular weight is 276 g/mol. The average Bonchev–Trinajstić information content (AvgIpc) is 2.28. The second-order valence-electron chi connectivity index (χ2n) is 3.49. The Labute approximate surface area is 110 Å². The summed E-state index contributed by atoms with van der Waals surface area (Å²) >= 11 is 0. The van der Waals surface area contributed by atoms with E-state index in [0.29, 0.717) is 5.56 Å². The van der Waals surface area contributed by atoms with Crippen LogP contribution in [0, 0.1) is 0 Å². The van der Waals surface area contributed by atoms with E-state index in [9.17, 15) is 9.59 Å². The number of carbonyl (C=O) groups is 2. The van der Waals surface area contributed by atoms with E-state index < -0.39 is 18.0 Å². The van der Waals surface area contributed by atoms with E-state index >= 15 is 0 Å². The molecule has 4 N–H and O–H groups in total. The van der Waals surface area contributed by atoms with Crippen LogP contribution in [0.2, 0.25) is 0 Å². The summed E-state index contributed by atoms with van der Waals surface area (Å²) in [5, 5.41) is 17.6. The fraction of sp³-hybridized carbons (Fsp3) is 0.273. The van der Waals surface area contributed by atoms with Gasteiger partial charge in [0, 0.05) is 0 Å². The number of rotatable bonds is 5. The van der Waals surface area contributed by atoms with Crippen molar-refractivity contribution in [3.63, 3.8) is 0 Å². The van der Waals surface area contributed by atoms with Gasteiger partial charge in [0.15, 0.2) is 0 Å². The molecule has 7 heteroatoms. The molecule has 0 saturated heterocycles. The summed E-state index contributed by atoms with van der Waals surface area (Å²) in [4.78, 5) is 21.5. The number of halogens is 1. The molecule has 0 aliphatic rings. The highest BCUT2D eigenvalue weighted by Crippen LogP contribution is 2.20. The van der Waals surface area contributed by atoms with Crippen molar-refractivity contribution in [2.24, 2.45) is 5.73 Å². The molecule has 0 bridgehead atoms. The molecule has 100 valence electrons. The van der Waals surface area contributed by atoms with Gasteiger partial charge in [-0.05, 0) is 24.1 Å². The minimum atomic E-state index is -1.13. The van der Waals surface area contributed by atoms with Crippen LogP contribution in [0.25, 0.3) is 0 Å². The molecule has 0 heterocycles. The maximum absolute atomic E-state index is 10.9. The predicted molar refractivity (Wildman–Crippen MR) is 66.5 cm³/mol. The second kappa shape index (κ2) is 6.83. The Balaban J connectivity index is 0.00000289. The van der Waals surface area contributed by atoms with E-state index in [-0.39, 0.29) is 30.1 Å². The van der Waals surface area contributed by atoms with Crippen LogP contribution < -0.4 is 10.5 Å². The van der Waals surface area contributed by atoms with Crippen molar-refractivity contribution in [3.8, 4) is 5.75 Å². The zero-order valence-electron chi connectivity index (χ0n) is 9.62. The number of carboxylic acid groups (broad SMARTS) is 2. The van der Waals surface area contributed by atoms with Crippen molar-refractivity contribution in [1.29, 1.82) is 0 Å². The topological polar surface area (TPSA) is 110 Å². The van der Waals surface area contributed by atoms with Gasteiger partial charge in [0.2, 0.25) is 0 Å². The highest BCUT2D eigenvalue weighted by molar-refractivity contribution is 5.91. The SMILES string of the molecule is COc1ccc(C[C@H](N)C(=O)O)cc1C(=O)O.Cl. The van der Waals surface area contributed by atoms with Gasteiger partial charge < -0.3 is 20.7 Å². The largest absolute Gasteiger partial charge is 0.496 e. The number of benzene rings is 1. The monoisotopic (exact) mass is 275 g/mol. The third-order valence-electron chi connectivity index (χ3n) is 2.27. The lowest BCUT2D eigenvalue weighted by Gasteiger charge is -2.09. The Kier molecular flexibility index (Phi) is 6.15. The van der Waals surface area contributed by atoms with Crippen molar-refractivity contribution in [2.45, 2.75) is 12.5 Å². The van der Waals surface area contributed by atoms with Crippen LogP contribution in [0.15, 0.2) is 18.2 Å². The first-order valence-electron chi connectivity index (χ1n) is 4.84. The molecule has 0 fully saturated rings. The number of hydrogen-bond donors (Lipinski definition) is 3. The number of hydrogen-bond acceptors (Lipinski definition) is 4. The quantitative estimate of drug-likeness (QED) is 0.732. The molecule has 0 radical (unpaired) electrons. The van der Waals surface area contributed by atoms with Crippen molar-refractivity contribution >= 4 is 24.3 Å². The molecule has 0 aromatic heterocycles. The molecule has 0 spiro atoms. The van der Waals surface area contributed by atoms with Crippen molar-refractivity contribution in [1.82, 2.24) is 0 Å². The fourth-order valence-corrected chi connectivity index (χ4v) is 1.39. The maximum atomic E-state index is 10.9. The molecule has 0 saturated carbocycles. The highest BCUT2D eigenvalue weighted by atomic mass is 35.5. The summed E-state index contributed by atoms with van der Waals surface area (Å²) < 4.78 is 4.89. The van der Waals surface area contributed by atoms with Crippen LogP contribution in [0.4, 0.5) is 0 Å². The predicted octanol–water partition coefficient (Wildman–Crippen LogP) is 0.770. The van der Waals surface area contributed by atoms with Gasteiger partial charge in [-0.25, -0.2) is 4.79 Å². The Hall–Kier alpha value is -1.79. The third-order valence-corrected chi connectivity index (χ3v) is 2.27. The van der Waals surface area contributed by atoms with Crippen molar-refractivity contribution < 1.29 is 24.5 Å². The molecule has 1 atom stereocenters. The minimum absolute atomic E-state index is 0. The van der Waals surface area contributed by atoms with E-state index in [1.54, 1.807) is 6.07 Å². The van der Waals surface area contributed by atoms with Crippen molar-refractivity contribution in [3.05, 3.63) is 29.3 Å². The first-order valence-corrected chi connectivity index (χ1v) is 4.84. The number of ether oxygens (including phenoxy) is 1. The summed E-state index contributed by atoms with van der Waals surface area (Å²) in [6.07, 6.45) is 0.0691. The zero-order valence-corrected chi connectivity index (χ0v) is 10.4. The van der Waals surface area contributed by atoms with Gasteiger partial charge in [-0.1, -0.05) is 6.07 Å². The molecule has 0 unspecified atom stereocenters.